The number of rotatable bonds is 6. The third kappa shape index (κ3) is 3.74. The topological polar surface area (TPSA) is 61.8 Å². The number of hydrogen-bond acceptors (Lipinski definition) is 5. The number of halogens is 1. The first-order valence-corrected chi connectivity index (χ1v) is 11.4. The minimum atomic E-state index is -3.70. The summed E-state index contributed by atoms with van der Waals surface area (Å²) in [7, 11) is -3.70. The van der Waals surface area contributed by atoms with E-state index in [2.05, 4.69) is 29.8 Å². The fourth-order valence-electron chi connectivity index (χ4n) is 3.99. The maximum atomic E-state index is 13.3. The van der Waals surface area contributed by atoms with Gasteiger partial charge in [0, 0.05) is 10.9 Å². The van der Waals surface area contributed by atoms with Crippen LogP contribution in [0, 0.1) is 5.92 Å². The van der Waals surface area contributed by atoms with E-state index in [-0.39, 0.29) is 17.1 Å². The molecular weight excluding hydrogens is 420 g/mol. The Bertz CT molecular complexity index is 731. The predicted octanol–water partition coefficient (Wildman–Crippen LogP) is 3.95. The van der Waals surface area contributed by atoms with Gasteiger partial charge in [0.15, 0.2) is 5.44 Å². The molecule has 2 heterocycles. The smallest absolute Gasteiger partial charge is 0.207 e. The van der Waals surface area contributed by atoms with Crippen molar-refractivity contribution in [2.24, 2.45) is 5.92 Å². The van der Waals surface area contributed by atoms with Crippen molar-refractivity contribution in [3.8, 4) is 0 Å². The molecule has 0 spiro atoms. The van der Waals surface area contributed by atoms with Crippen molar-refractivity contribution < 1.29 is 22.6 Å². The highest BCUT2D eigenvalue weighted by Gasteiger charge is 2.62. The van der Waals surface area contributed by atoms with Crippen LogP contribution < -0.4 is 0 Å². The van der Waals surface area contributed by atoms with E-state index >= 15 is 0 Å². The molecule has 0 aromatic heterocycles. The molecule has 5 nitrogen and oxygen atoms in total. The maximum absolute atomic E-state index is 13.3. The average molecular weight is 447 g/mol. The third-order valence-corrected chi connectivity index (χ3v) is 7.33. The van der Waals surface area contributed by atoms with Gasteiger partial charge in [-0.3, -0.25) is 0 Å². The van der Waals surface area contributed by atoms with Crippen molar-refractivity contribution in [1.29, 1.82) is 0 Å². The SMILES string of the molecule is CC(C)C[C@]12CCO[C@@H](C1OC(C)C)[C@H](S(=O)(=O)c1ccc(Br)cc1)O2. The highest BCUT2D eigenvalue weighted by Crippen LogP contribution is 2.48. The molecule has 2 bridgehead atoms. The monoisotopic (exact) mass is 446 g/mol. The Morgan fingerprint density at radius 1 is 1.23 bits per heavy atom. The molecule has 1 aromatic rings. The highest BCUT2D eigenvalue weighted by atomic mass is 79.9. The van der Waals surface area contributed by atoms with Crippen LogP contribution in [0.3, 0.4) is 0 Å². The minimum absolute atomic E-state index is 0.0338. The van der Waals surface area contributed by atoms with E-state index in [1.165, 1.54) is 0 Å². The van der Waals surface area contributed by atoms with E-state index in [0.717, 1.165) is 10.9 Å². The summed E-state index contributed by atoms with van der Waals surface area (Å²) in [4.78, 5) is 0.241. The number of fused-ring (bicyclic) bond motifs is 2. The lowest BCUT2D eigenvalue weighted by Gasteiger charge is -2.40. The number of hydrogen-bond donors (Lipinski definition) is 0. The zero-order valence-electron chi connectivity index (χ0n) is 15.6. The van der Waals surface area contributed by atoms with Gasteiger partial charge in [0.2, 0.25) is 9.84 Å². The molecule has 7 heteroatoms. The molecule has 2 saturated heterocycles. The van der Waals surface area contributed by atoms with Crippen LogP contribution in [0.1, 0.15) is 40.5 Å². The molecule has 0 amide bonds. The fraction of sp³-hybridized carbons (Fsp3) is 0.684. The van der Waals surface area contributed by atoms with Crippen LogP contribution in [0.2, 0.25) is 0 Å². The Balaban J connectivity index is 1.99. The molecule has 3 rings (SSSR count). The molecular formula is C19H27BrO5S. The largest absolute Gasteiger partial charge is 0.371 e. The third-order valence-electron chi connectivity index (χ3n) is 4.89. The van der Waals surface area contributed by atoms with E-state index in [1.807, 2.05) is 13.8 Å². The normalized spacial score (nSPS) is 31.7. The molecule has 0 saturated carbocycles. The van der Waals surface area contributed by atoms with Crippen molar-refractivity contribution in [2.75, 3.05) is 6.61 Å². The maximum Gasteiger partial charge on any atom is 0.207 e. The van der Waals surface area contributed by atoms with Crippen LogP contribution in [0.4, 0.5) is 0 Å². The lowest BCUT2D eigenvalue weighted by molar-refractivity contribution is -0.166. The van der Waals surface area contributed by atoms with Crippen molar-refractivity contribution >= 4 is 25.8 Å². The van der Waals surface area contributed by atoms with E-state index in [9.17, 15) is 8.42 Å². The molecule has 2 aliphatic rings. The van der Waals surface area contributed by atoms with Crippen molar-refractivity contribution in [2.45, 2.75) is 74.8 Å². The molecule has 1 unspecified atom stereocenters. The predicted molar refractivity (Wildman–Crippen MR) is 103 cm³/mol. The van der Waals surface area contributed by atoms with Gasteiger partial charge in [-0.15, -0.1) is 0 Å². The van der Waals surface area contributed by atoms with Crippen LogP contribution in [-0.4, -0.2) is 44.4 Å². The summed E-state index contributed by atoms with van der Waals surface area (Å²) in [5, 5.41) is 0. The van der Waals surface area contributed by atoms with Gasteiger partial charge >= 0.3 is 0 Å². The second-order valence-electron chi connectivity index (χ2n) is 7.84. The summed E-state index contributed by atoms with van der Waals surface area (Å²) in [6, 6.07) is 6.64. The Morgan fingerprint density at radius 2 is 1.88 bits per heavy atom. The molecule has 0 aliphatic carbocycles. The molecule has 146 valence electrons. The quantitative estimate of drug-likeness (QED) is 0.661. The summed E-state index contributed by atoms with van der Waals surface area (Å²) in [5.74, 6) is 0.362. The van der Waals surface area contributed by atoms with Gasteiger partial charge in [-0.2, -0.15) is 0 Å². The van der Waals surface area contributed by atoms with Gasteiger partial charge in [0.1, 0.15) is 17.8 Å². The van der Waals surface area contributed by atoms with Crippen LogP contribution >= 0.6 is 15.9 Å². The van der Waals surface area contributed by atoms with Gasteiger partial charge in [0.25, 0.3) is 0 Å². The molecule has 4 atom stereocenters. The van der Waals surface area contributed by atoms with Gasteiger partial charge in [-0.25, -0.2) is 8.42 Å². The van der Waals surface area contributed by atoms with Crippen LogP contribution in [-0.2, 0) is 24.0 Å². The summed E-state index contributed by atoms with van der Waals surface area (Å²) >= 11 is 3.34. The van der Waals surface area contributed by atoms with Crippen LogP contribution in [0.5, 0.6) is 0 Å². The van der Waals surface area contributed by atoms with E-state index in [4.69, 9.17) is 14.2 Å². The summed E-state index contributed by atoms with van der Waals surface area (Å²) < 4.78 is 45.7. The summed E-state index contributed by atoms with van der Waals surface area (Å²) in [6.45, 7) is 8.63. The van der Waals surface area contributed by atoms with Gasteiger partial charge < -0.3 is 14.2 Å². The van der Waals surface area contributed by atoms with E-state index in [1.54, 1.807) is 24.3 Å². The van der Waals surface area contributed by atoms with E-state index in [0.29, 0.717) is 18.9 Å². The Morgan fingerprint density at radius 3 is 2.46 bits per heavy atom. The standard InChI is InChI=1S/C19H27BrO5S/c1-12(2)11-19-9-10-23-16(17(19)24-13(3)4)18(25-19)26(21,22)15-7-5-14(20)6-8-15/h5-8,12-13,16-18H,9-11H2,1-4H3/t16-,17?,18-,19+/m0/s1. The van der Waals surface area contributed by atoms with Gasteiger partial charge in [-0.1, -0.05) is 29.8 Å². The Labute approximate surface area is 164 Å². The minimum Gasteiger partial charge on any atom is -0.371 e. The lowest BCUT2D eigenvalue weighted by Crippen LogP contribution is -2.52. The number of sulfone groups is 1. The average Bonchev–Trinajstić information content (AvgIpc) is 2.71. The van der Waals surface area contributed by atoms with E-state index < -0.39 is 27.0 Å². The summed E-state index contributed by atoms with van der Waals surface area (Å²) in [5.41, 5.74) is -1.66. The van der Waals surface area contributed by atoms with Crippen LogP contribution in [0.15, 0.2) is 33.6 Å². The second kappa shape index (κ2) is 7.51. The zero-order valence-corrected chi connectivity index (χ0v) is 18.0. The second-order valence-corrected chi connectivity index (χ2v) is 10.8. The molecule has 0 N–H and O–H groups in total. The Kier molecular flexibility index (Phi) is 5.85. The number of benzene rings is 1. The Hall–Kier alpha value is -0.470. The van der Waals surface area contributed by atoms with Crippen LogP contribution in [0.25, 0.3) is 0 Å². The lowest BCUT2D eigenvalue weighted by atomic mass is 9.82. The molecule has 1 aromatic carbocycles. The molecule has 26 heavy (non-hydrogen) atoms. The first-order valence-electron chi connectivity index (χ1n) is 9.10. The van der Waals surface area contributed by atoms with Crippen molar-refractivity contribution in [3.63, 3.8) is 0 Å². The zero-order chi connectivity index (χ0) is 19.1. The first kappa shape index (κ1) is 20.3. The van der Waals surface area contributed by atoms with Crippen molar-refractivity contribution in [1.82, 2.24) is 0 Å². The highest BCUT2D eigenvalue weighted by molar-refractivity contribution is 9.10. The fourth-order valence-corrected chi connectivity index (χ4v) is 5.93. The molecule has 2 aliphatic heterocycles. The van der Waals surface area contributed by atoms with Gasteiger partial charge in [-0.05, 0) is 50.5 Å². The number of ether oxygens (including phenoxy) is 3. The molecule has 0 radical (unpaired) electrons. The summed E-state index contributed by atoms with van der Waals surface area (Å²) in [6.07, 6.45) is 0.364. The molecule has 2 fully saturated rings. The first-order chi connectivity index (χ1) is 12.2. The van der Waals surface area contributed by atoms with Gasteiger partial charge in [0.05, 0.1) is 17.6 Å². The van der Waals surface area contributed by atoms with Crippen molar-refractivity contribution in [3.05, 3.63) is 28.7 Å².